The second-order valence-electron chi connectivity index (χ2n) is 19.8. The normalized spacial score (nSPS) is 18.4. The fourth-order valence-electron chi connectivity index (χ4n) is 9.76. The average molecular weight is 981 g/mol. The molecule has 2 heterocycles. The number of alkyl halides is 6. The molecule has 2 aliphatic carbocycles. The van der Waals surface area contributed by atoms with Crippen LogP contribution in [0.2, 0.25) is 0 Å². The molecule has 6 rings (SSSR count). The number of carboxylic acids is 1. The third-order valence-corrected chi connectivity index (χ3v) is 13.2. The van der Waals surface area contributed by atoms with Crippen molar-refractivity contribution in [1.82, 2.24) is 9.80 Å². The van der Waals surface area contributed by atoms with E-state index in [0.29, 0.717) is 0 Å². The summed E-state index contributed by atoms with van der Waals surface area (Å²) < 4.78 is 96.3. The number of hydrogen-bond acceptors (Lipinski definition) is 8. The summed E-state index contributed by atoms with van der Waals surface area (Å²) in [5, 5.41) is 9.10. The van der Waals surface area contributed by atoms with Crippen molar-refractivity contribution in [1.29, 1.82) is 0 Å². The maximum absolute atomic E-state index is 14.2. The monoisotopic (exact) mass is 980 g/mol. The van der Waals surface area contributed by atoms with E-state index in [1.54, 1.807) is 39.5 Å². The first-order valence-corrected chi connectivity index (χ1v) is 23.9. The van der Waals surface area contributed by atoms with Gasteiger partial charge in [0.1, 0.15) is 17.3 Å². The molecule has 69 heavy (non-hydrogen) atoms. The van der Waals surface area contributed by atoms with Crippen molar-refractivity contribution in [3.8, 4) is 11.5 Å². The van der Waals surface area contributed by atoms with E-state index >= 15 is 0 Å². The molecule has 2 fully saturated rings. The summed E-state index contributed by atoms with van der Waals surface area (Å²) in [6, 6.07) is 2.82. The average Bonchev–Trinajstić information content (AvgIpc) is 3.25. The Morgan fingerprint density at radius 1 is 0.638 bits per heavy atom. The lowest BCUT2D eigenvalue weighted by molar-refractivity contribution is -0.139. The molecule has 0 atom stereocenters. The number of ether oxygens (including phenoxy) is 2. The van der Waals surface area contributed by atoms with Gasteiger partial charge in [-0.2, -0.15) is 26.3 Å². The maximum Gasteiger partial charge on any atom is 0.417 e. The number of carbonyl (C=O) groups excluding carboxylic acids is 5. The van der Waals surface area contributed by atoms with E-state index in [4.69, 9.17) is 14.6 Å². The van der Waals surface area contributed by atoms with Gasteiger partial charge in [0.25, 0.3) is 23.6 Å². The van der Waals surface area contributed by atoms with E-state index in [1.807, 2.05) is 0 Å². The van der Waals surface area contributed by atoms with Crippen molar-refractivity contribution in [2.24, 2.45) is 0 Å². The second kappa shape index (κ2) is 21.3. The predicted octanol–water partition coefficient (Wildman–Crippen LogP) is 10.6. The number of amides is 4. The van der Waals surface area contributed by atoms with Crippen LogP contribution < -0.4 is 19.3 Å². The minimum atomic E-state index is -4.84. The molecule has 382 valence electrons. The van der Waals surface area contributed by atoms with Crippen molar-refractivity contribution in [2.45, 2.75) is 194 Å². The zero-order chi connectivity index (χ0) is 51.6. The van der Waals surface area contributed by atoms with Gasteiger partial charge in [-0.1, -0.05) is 45.4 Å². The molecule has 2 aromatic rings. The van der Waals surface area contributed by atoms with Crippen LogP contribution in [-0.4, -0.2) is 98.7 Å². The number of hydrogen-bond donors (Lipinski definition) is 1. The highest BCUT2D eigenvalue weighted by molar-refractivity contribution is 6.06. The van der Waals surface area contributed by atoms with E-state index in [9.17, 15) is 55.1 Å². The Balaban J connectivity index is 0.000000258. The number of nitrogens with zero attached hydrogens (tertiary/aromatic N) is 4. The molecule has 1 N–H and O–H groups in total. The first-order valence-electron chi connectivity index (χ1n) is 23.9. The van der Waals surface area contributed by atoms with Crippen molar-refractivity contribution in [3.63, 3.8) is 0 Å². The molecule has 0 spiro atoms. The fraction of sp³-hybridized carbons (Fsp3) is 0.640. The summed E-state index contributed by atoms with van der Waals surface area (Å²) in [7, 11) is 0. The molecule has 0 aromatic heterocycles. The highest BCUT2D eigenvalue weighted by Crippen LogP contribution is 2.47. The Morgan fingerprint density at radius 2 is 0.986 bits per heavy atom. The van der Waals surface area contributed by atoms with Gasteiger partial charge in [0.15, 0.2) is 11.2 Å². The number of ketones is 1. The zero-order valence-corrected chi connectivity index (χ0v) is 41.0. The van der Waals surface area contributed by atoms with Gasteiger partial charge in [-0.25, -0.2) is 0 Å². The number of carboxylic acid groups (broad SMARTS) is 1. The molecular weight excluding hydrogens is 915 g/mol. The number of fused-ring (bicyclic) bond motifs is 2. The van der Waals surface area contributed by atoms with Crippen LogP contribution >= 0.6 is 0 Å². The van der Waals surface area contributed by atoms with Gasteiger partial charge in [-0.15, -0.1) is 0 Å². The summed E-state index contributed by atoms with van der Waals surface area (Å²) in [6.07, 6.45) is -1.05. The Labute approximate surface area is 399 Å². The van der Waals surface area contributed by atoms with E-state index in [-0.39, 0.29) is 78.8 Å². The molecule has 4 amide bonds. The Bertz CT molecular complexity index is 2260. The van der Waals surface area contributed by atoms with Crippen LogP contribution in [0.25, 0.3) is 0 Å². The van der Waals surface area contributed by atoms with Gasteiger partial charge in [-0.3, -0.25) is 28.8 Å². The molecule has 2 aliphatic heterocycles. The van der Waals surface area contributed by atoms with Crippen LogP contribution in [0.5, 0.6) is 11.5 Å². The number of Topliss-reactive ketones (excluding diaryl/α,β-unsaturated/α-hetero) is 1. The molecule has 2 saturated carbocycles. The SMILES string of the molecule is CC(C)N(C(=O)c1cc2c(cc1C(F)(F)F)OC(C)(C)C(=O)N2CCC(=O)O)C1CCCCC1.CCC(=O)CCN1C(=O)C(C)(C)Oc2cc(C(F)(F)F)c(C(=O)N(C(C)C)C3CCCCC3)cc21. The molecule has 0 radical (unpaired) electrons. The lowest BCUT2D eigenvalue weighted by Crippen LogP contribution is -2.53. The number of aliphatic carboxylic acids is 1. The lowest BCUT2D eigenvalue weighted by Gasteiger charge is -2.40. The van der Waals surface area contributed by atoms with Crippen LogP contribution in [-0.2, 0) is 31.5 Å². The molecule has 2 aromatic carbocycles. The van der Waals surface area contributed by atoms with Gasteiger partial charge in [-0.05, 0) is 105 Å². The first kappa shape index (κ1) is 54.6. The van der Waals surface area contributed by atoms with E-state index in [1.165, 1.54) is 37.5 Å². The number of halogens is 6. The molecule has 0 unspecified atom stereocenters. The van der Waals surface area contributed by atoms with Crippen molar-refractivity contribution in [3.05, 3.63) is 46.5 Å². The van der Waals surface area contributed by atoms with Crippen molar-refractivity contribution >= 4 is 46.8 Å². The minimum Gasteiger partial charge on any atom is -0.481 e. The standard InChI is InChI=1S/C26H35F3N2O4.C24H31F3N2O5/c1-6-18(32)12-13-30-21-14-19(23(33)31(16(2)3)17-10-8-7-9-11-17)20(26(27,28)29)15-22(21)35-25(4,5)24(30)34;1-14(2)29(15-8-6-5-7-9-15)21(32)16-12-18-19(13-17(16)24(25,26)27)34-23(3,4)22(33)28(18)11-10-20(30)31/h14-17H,6-13H2,1-5H3;12-15H,5-11H2,1-4H3,(H,30,31). The summed E-state index contributed by atoms with van der Waals surface area (Å²) >= 11 is 0. The van der Waals surface area contributed by atoms with E-state index in [2.05, 4.69) is 0 Å². The second-order valence-corrected chi connectivity index (χ2v) is 19.8. The molecular formula is C50H66F6N4O9. The largest absolute Gasteiger partial charge is 0.481 e. The summed E-state index contributed by atoms with van der Waals surface area (Å²) in [5.74, 6) is -4.10. The zero-order valence-electron chi connectivity index (χ0n) is 41.0. The van der Waals surface area contributed by atoms with Gasteiger partial charge in [0, 0.05) is 50.1 Å². The number of rotatable bonds is 13. The third kappa shape index (κ3) is 12.3. The fourth-order valence-corrected chi connectivity index (χ4v) is 9.76. The number of benzene rings is 2. The van der Waals surface area contributed by atoms with Gasteiger partial charge in [0.2, 0.25) is 0 Å². The first-order chi connectivity index (χ1) is 32.0. The van der Waals surface area contributed by atoms with Crippen LogP contribution in [0, 0.1) is 0 Å². The summed E-state index contributed by atoms with van der Waals surface area (Å²) in [6.45, 7) is 14.4. The highest BCUT2D eigenvalue weighted by atomic mass is 19.4. The molecule has 13 nitrogen and oxygen atoms in total. The van der Waals surface area contributed by atoms with Gasteiger partial charge < -0.3 is 34.2 Å². The molecule has 0 saturated heterocycles. The van der Waals surface area contributed by atoms with Crippen molar-refractivity contribution in [2.75, 3.05) is 22.9 Å². The van der Waals surface area contributed by atoms with Crippen LogP contribution in [0.4, 0.5) is 37.7 Å². The van der Waals surface area contributed by atoms with Gasteiger partial charge in [0.05, 0.1) is 40.0 Å². The van der Waals surface area contributed by atoms with E-state index < -0.39 is 81.8 Å². The maximum atomic E-state index is 14.2. The number of anilines is 2. The lowest BCUT2D eigenvalue weighted by atomic mass is 9.92. The third-order valence-electron chi connectivity index (χ3n) is 13.2. The van der Waals surface area contributed by atoms with Crippen LogP contribution in [0.15, 0.2) is 24.3 Å². The van der Waals surface area contributed by atoms with Crippen LogP contribution in [0.3, 0.4) is 0 Å². The van der Waals surface area contributed by atoms with Crippen LogP contribution in [0.1, 0.15) is 178 Å². The smallest absolute Gasteiger partial charge is 0.417 e. The summed E-state index contributed by atoms with van der Waals surface area (Å²) in [4.78, 5) is 81.9. The van der Waals surface area contributed by atoms with Crippen molar-refractivity contribution < 1.29 is 69.7 Å². The topological polar surface area (TPSA) is 154 Å². The quantitative estimate of drug-likeness (QED) is 0.193. The van der Waals surface area contributed by atoms with E-state index in [0.717, 1.165) is 93.4 Å². The Hall–Kier alpha value is -5.36. The molecule has 4 aliphatic rings. The highest BCUT2D eigenvalue weighted by Gasteiger charge is 2.47. The Morgan fingerprint density at radius 3 is 1.29 bits per heavy atom. The molecule has 19 heteroatoms. The minimum absolute atomic E-state index is 0.000805. The summed E-state index contributed by atoms with van der Waals surface area (Å²) in [5.41, 5.74) is -6.15. The number of carbonyl (C=O) groups is 6. The molecule has 0 bridgehead atoms. The van der Waals surface area contributed by atoms with Gasteiger partial charge >= 0.3 is 18.3 Å². The predicted molar refractivity (Wildman–Crippen MR) is 246 cm³/mol. The Kier molecular flexibility index (Phi) is 16.9.